The molecule has 1 heterocycles. The number of likely N-dealkylation sites (tertiary alicyclic amines) is 1. The lowest BCUT2D eigenvalue weighted by Crippen LogP contribution is -2.39. The highest BCUT2D eigenvalue weighted by Gasteiger charge is 2.25. The van der Waals surface area contributed by atoms with Crippen LogP contribution in [0.1, 0.15) is 53.2 Å². The predicted octanol–water partition coefficient (Wildman–Crippen LogP) is 4.84. The summed E-state index contributed by atoms with van der Waals surface area (Å²) in [5, 5.41) is 9.13. The van der Waals surface area contributed by atoms with Crippen molar-refractivity contribution in [1.29, 1.82) is 0 Å². The summed E-state index contributed by atoms with van der Waals surface area (Å²) in [6.07, 6.45) is 2.74. The Labute approximate surface area is 173 Å². The molecule has 1 saturated heterocycles. The van der Waals surface area contributed by atoms with Gasteiger partial charge in [0, 0.05) is 30.8 Å². The number of allylic oxidation sites excluding steroid dienone is 1. The Morgan fingerprint density at radius 3 is 2.48 bits per heavy atom. The fourth-order valence-electron chi connectivity index (χ4n) is 3.88. The second-order valence-corrected chi connectivity index (χ2v) is 7.97. The lowest BCUT2D eigenvalue weighted by Gasteiger charge is -2.32. The van der Waals surface area contributed by atoms with E-state index in [9.17, 15) is 4.79 Å². The van der Waals surface area contributed by atoms with Gasteiger partial charge < -0.3 is 14.7 Å². The molecule has 1 aliphatic rings. The van der Waals surface area contributed by atoms with Gasteiger partial charge in [0.25, 0.3) is 5.91 Å². The van der Waals surface area contributed by atoms with E-state index >= 15 is 0 Å². The lowest BCUT2D eigenvalue weighted by atomic mass is 9.93. The number of carbonyl (C=O) groups is 1. The van der Waals surface area contributed by atoms with E-state index in [0.717, 1.165) is 65.9 Å². The van der Waals surface area contributed by atoms with E-state index in [1.165, 1.54) is 0 Å². The maximum atomic E-state index is 13.2. The van der Waals surface area contributed by atoms with Gasteiger partial charge in [0.15, 0.2) is 0 Å². The monoisotopic (exact) mass is 393 g/mol. The van der Waals surface area contributed by atoms with Crippen molar-refractivity contribution in [2.75, 3.05) is 19.7 Å². The van der Waals surface area contributed by atoms with Crippen LogP contribution in [0.15, 0.2) is 49.0 Å². The highest BCUT2D eigenvalue weighted by molar-refractivity contribution is 5.97. The number of nitrogens with zero attached hydrogens (tertiary/aromatic N) is 1. The first-order valence-electron chi connectivity index (χ1n) is 10.4. The van der Waals surface area contributed by atoms with Crippen molar-refractivity contribution in [3.05, 3.63) is 71.3 Å². The number of hydrogen-bond donors (Lipinski definition) is 1. The van der Waals surface area contributed by atoms with Crippen molar-refractivity contribution in [3.63, 3.8) is 0 Å². The zero-order valence-corrected chi connectivity index (χ0v) is 17.5. The second kappa shape index (κ2) is 9.75. The van der Waals surface area contributed by atoms with Crippen molar-refractivity contribution in [2.45, 2.75) is 39.7 Å². The van der Waals surface area contributed by atoms with Gasteiger partial charge in [-0.25, -0.2) is 0 Å². The minimum Gasteiger partial charge on any atom is -0.488 e. The zero-order valence-electron chi connectivity index (χ0n) is 17.5. The van der Waals surface area contributed by atoms with Crippen LogP contribution in [0.25, 0.3) is 5.57 Å². The van der Waals surface area contributed by atoms with Crippen LogP contribution in [0.5, 0.6) is 5.75 Å². The number of benzene rings is 2. The highest BCUT2D eigenvalue weighted by Crippen LogP contribution is 2.31. The molecule has 154 valence electrons. The average Bonchev–Trinajstić information content (AvgIpc) is 2.73. The van der Waals surface area contributed by atoms with Gasteiger partial charge in [-0.1, -0.05) is 36.9 Å². The molecule has 0 spiro atoms. The van der Waals surface area contributed by atoms with Crippen LogP contribution in [0.2, 0.25) is 0 Å². The number of aryl methyl sites for hydroxylation is 1. The van der Waals surface area contributed by atoms with E-state index in [4.69, 9.17) is 9.84 Å². The second-order valence-electron chi connectivity index (χ2n) is 7.97. The molecule has 4 nitrogen and oxygen atoms in total. The molecule has 0 saturated carbocycles. The summed E-state index contributed by atoms with van der Waals surface area (Å²) in [5.41, 5.74) is 4.49. The number of rotatable bonds is 7. The molecule has 3 rings (SSSR count). The summed E-state index contributed by atoms with van der Waals surface area (Å²) >= 11 is 0. The van der Waals surface area contributed by atoms with Crippen molar-refractivity contribution in [1.82, 2.24) is 4.90 Å². The topological polar surface area (TPSA) is 49.8 Å². The summed E-state index contributed by atoms with van der Waals surface area (Å²) in [6, 6.07) is 13.9. The van der Waals surface area contributed by atoms with Gasteiger partial charge in [0.05, 0.1) is 0 Å². The molecule has 0 unspecified atom stereocenters. The number of aliphatic hydroxyl groups excluding tert-OH is 1. The Hall–Kier alpha value is -2.59. The van der Waals surface area contributed by atoms with Crippen LogP contribution in [0.4, 0.5) is 0 Å². The average molecular weight is 394 g/mol. The minimum absolute atomic E-state index is 0.0713. The van der Waals surface area contributed by atoms with Gasteiger partial charge in [0.2, 0.25) is 0 Å². The minimum atomic E-state index is 0.0713. The molecule has 2 aromatic carbocycles. The Bertz CT molecular complexity index is 852. The van der Waals surface area contributed by atoms with Crippen LogP contribution in [-0.4, -0.2) is 35.6 Å². The van der Waals surface area contributed by atoms with Gasteiger partial charge in [-0.05, 0) is 67.9 Å². The summed E-state index contributed by atoms with van der Waals surface area (Å²) in [4.78, 5) is 15.1. The molecule has 0 bridgehead atoms. The largest absolute Gasteiger partial charge is 0.488 e. The van der Waals surface area contributed by atoms with Crippen molar-refractivity contribution in [2.24, 2.45) is 5.92 Å². The van der Waals surface area contributed by atoms with Crippen LogP contribution in [0, 0.1) is 12.8 Å². The standard InChI is InChI=1S/C25H31NO3/c1-18(2)22-16-23(25(28)26-12-9-20(10-13-26)11-14-27)19(3)15-24(22)29-17-21-7-5-4-6-8-21/h4-8,15-16,20,27H,1,9-14,17H2,2-3H3. The molecule has 0 radical (unpaired) electrons. The molecule has 4 heteroatoms. The number of amides is 1. The van der Waals surface area contributed by atoms with E-state index in [0.29, 0.717) is 12.5 Å². The first-order valence-corrected chi connectivity index (χ1v) is 10.4. The molecular weight excluding hydrogens is 362 g/mol. The van der Waals surface area contributed by atoms with E-state index in [2.05, 4.69) is 6.58 Å². The van der Waals surface area contributed by atoms with Crippen LogP contribution in [-0.2, 0) is 6.61 Å². The summed E-state index contributed by atoms with van der Waals surface area (Å²) < 4.78 is 6.08. The number of carbonyl (C=O) groups excluding carboxylic acids is 1. The summed E-state index contributed by atoms with van der Waals surface area (Å²) in [6.45, 7) is 10.2. The number of piperidine rings is 1. The molecule has 0 aromatic heterocycles. The van der Waals surface area contributed by atoms with Crippen LogP contribution >= 0.6 is 0 Å². The van der Waals surface area contributed by atoms with Crippen molar-refractivity contribution in [3.8, 4) is 5.75 Å². The SMILES string of the molecule is C=C(C)c1cc(C(=O)N2CCC(CCO)CC2)c(C)cc1OCc1ccccc1. The number of hydrogen-bond acceptors (Lipinski definition) is 3. The third-order valence-corrected chi connectivity index (χ3v) is 5.69. The molecule has 1 fully saturated rings. The molecule has 1 N–H and O–H groups in total. The van der Waals surface area contributed by atoms with E-state index in [1.807, 2.05) is 61.2 Å². The Kier molecular flexibility index (Phi) is 7.10. The Morgan fingerprint density at radius 2 is 1.86 bits per heavy atom. The maximum Gasteiger partial charge on any atom is 0.254 e. The fraction of sp³-hybridized carbons (Fsp3) is 0.400. The van der Waals surface area contributed by atoms with Gasteiger partial charge in [-0.15, -0.1) is 0 Å². The van der Waals surface area contributed by atoms with Crippen molar-refractivity contribution >= 4 is 11.5 Å². The van der Waals surface area contributed by atoms with Gasteiger partial charge in [-0.2, -0.15) is 0 Å². The number of ether oxygens (including phenoxy) is 1. The molecular formula is C25H31NO3. The first-order chi connectivity index (χ1) is 14.0. The van der Waals surface area contributed by atoms with E-state index < -0.39 is 0 Å². The van der Waals surface area contributed by atoms with E-state index in [-0.39, 0.29) is 12.5 Å². The third-order valence-electron chi connectivity index (χ3n) is 5.69. The molecule has 2 aromatic rings. The number of aliphatic hydroxyl groups is 1. The quantitative estimate of drug-likeness (QED) is 0.732. The van der Waals surface area contributed by atoms with Crippen LogP contribution in [0.3, 0.4) is 0 Å². The Morgan fingerprint density at radius 1 is 1.17 bits per heavy atom. The fourth-order valence-corrected chi connectivity index (χ4v) is 3.88. The maximum absolute atomic E-state index is 13.2. The summed E-state index contributed by atoms with van der Waals surface area (Å²) in [5.74, 6) is 1.35. The van der Waals surface area contributed by atoms with Gasteiger partial charge in [0.1, 0.15) is 12.4 Å². The van der Waals surface area contributed by atoms with Gasteiger partial charge >= 0.3 is 0 Å². The molecule has 1 amide bonds. The Balaban J connectivity index is 1.77. The summed E-state index contributed by atoms with van der Waals surface area (Å²) in [7, 11) is 0. The predicted molar refractivity (Wildman–Crippen MR) is 117 cm³/mol. The molecule has 1 aliphatic heterocycles. The molecule has 0 atom stereocenters. The normalized spacial score (nSPS) is 14.7. The van der Waals surface area contributed by atoms with Gasteiger partial charge in [-0.3, -0.25) is 4.79 Å². The lowest BCUT2D eigenvalue weighted by molar-refractivity contribution is 0.0677. The highest BCUT2D eigenvalue weighted by atomic mass is 16.5. The van der Waals surface area contributed by atoms with Crippen molar-refractivity contribution < 1.29 is 14.6 Å². The first kappa shape index (κ1) is 21.1. The van der Waals surface area contributed by atoms with Crippen LogP contribution < -0.4 is 4.74 Å². The smallest absolute Gasteiger partial charge is 0.254 e. The third kappa shape index (κ3) is 5.27. The molecule has 29 heavy (non-hydrogen) atoms. The molecule has 0 aliphatic carbocycles. The van der Waals surface area contributed by atoms with E-state index in [1.54, 1.807) is 0 Å². The zero-order chi connectivity index (χ0) is 20.8.